The van der Waals surface area contributed by atoms with Gasteiger partial charge in [0.1, 0.15) is 10.8 Å². The fourth-order valence-electron chi connectivity index (χ4n) is 1.48. The molecule has 0 spiro atoms. The third kappa shape index (κ3) is 3.70. The Morgan fingerprint density at radius 2 is 1.94 bits per heavy atom. The molecule has 2 rings (SSSR count). The van der Waals surface area contributed by atoms with Crippen molar-refractivity contribution in [2.45, 2.75) is 20.3 Å². The van der Waals surface area contributed by atoms with Gasteiger partial charge in [-0.3, -0.25) is 0 Å². The van der Waals surface area contributed by atoms with Gasteiger partial charge in [-0.25, -0.2) is 0 Å². The van der Waals surface area contributed by atoms with Crippen LogP contribution in [0.4, 0.5) is 5.13 Å². The number of hydrogen-bond donors (Lipinski definition) is 1. The van der Waals surface area contributed by atoms with Crippen LogP contribution in [0.25, 0.3) is 0 Å². The van der Waals surface area contributed by atoms with Crippen LogP contribution < -0.4 is 10.5 Å². The molecule has 0 aliphatic carbocycles. The molecular formula is C13H17N3OS. The molecule has 0 aliphatic heterocycles. The first-order chi connectivity index (χ1) is 8.63. The highest BCUT2D eigenvalue weighted by molar-refractivity contribution is 7.15. The summed E-state index contributed by atoms with van der Waals surface area (Å²) in [5.74, 6) is 1.44. The molecule has 0 atom stereocenters. The Labute approximate surface area is 111 Å². The number of nitrogens with two attached hydrogens (primary N) is 1. The van der Waals surface area contributed by atoms with Crippen LogP contribution in [-0.4, -0.2) is 16.8 Å². The molecule has 0 saturated heterocycles. The highest BCUT2D eigenvalue weighted by Crippen LogP contribution is 2.18. The Kier molecular flexibility index (Phi) is 4.15. The quantitative estimate of drug-likeness (QED) is 0.901. The van der Waals surface area contributed by atoms with Crippen molar-refractivity contribution in [1.82, 2.24) is 10.2 Å². The Balaban J connectivity index is 1.95. The van der Waals surface area contributed by atoms with Crippen molar-refractivity contribution in [2.24, 2.45) is 5.92 Å². The maximum Gasteiger partial charge on any atom is 0.203 e. The van der Waals surface area contributed by atoms with Gasteiger partial charge in [0, 0.05) is 6.42 Å². The second-order valence-corrected chi connectivity index (χ2v) is 5.65. The largest absolute Gasteiger partial charge is 0.493 e. The standard InChI is InChI=1S/C13H17N3OS/c1-9(2)8-17-11-5-3-10(4-6-11)7-12-15-16-13(14)18-12/h3-6,9H,7-8H2,1-2H3,(H2,14,16). The molecule has 1 heterocycles. The zero-order chi connectivity index (χ0) is 13.0. The number of rotatable bonds is 5. The summed E-state index contributed by atoms with van der Waals surface area (Å²) >= 11 is 1.43. The molecule has 18 heavy (non-hydrogen) atoms. The van der Waals surface area contributed by atoms with Gasteiger partial charge in [0.2, 0.25) is 5.13 Å². The van der Waals surface area contributed by atoms with Crippen molar-refractivity contribution in [3.8, 4) is 5.75 Å². The van der Waals surface area contributed by atoms with E-state index in [1.165, 1.54) is 16.9 Å². The van der Waals surface area contributed by atoms with E-state index in [0.717, 1.165) is 23.8 Å². The molecule has 0 amide bonds. The summed E-state index contributed by atoms with van der Waals surface area (Å²) in [7, 11) is 0. The molecule has 0 unspecified atom stereocenters. The van der Waals surface area contributed by atoms with Gasteiger partial charge in [-0.2, -0.15) is 0 Å². The Bertz CT molecular complexity index is 493. The van der Waals surface area contributed by atoms with E-state index < -0.39 is 0 Å². The van der Waals surface area contributed by atoms with Crippen LogP contribution in [0, 0.1) is 5.92 Å². The summed E-state index contributed by atoms with van der Waals surface area (Å²) in [6, 6.07) is 8.07. The van der Waals surface area contributed by atoms with E-state index in [9.17, 15) is 0 Å². The van der Waals surface area contributed by atoms with Crippen LogP contribution >= 0.6 is 11.3 Å². The lowest BCUT2D eigenvalue weighted by Crippen LogP contribution is -2.04. The van der Waals surface area contributed by atoms with Gasteiger partial charge >= 0.3 is 0 Å². The van der Waals surface area contributed by atoms with Gasteiger partial charge in [-0.1, -0.05) is 37.3 Å². The summed E-state index contributed by atoms with van der Waals surface area (Å²) < 4.78 is 5.63. The topological polar surface area (TPSA) is 61.0 Å². The van der Waals surface area contributed by atoms with Crippen molar-refractivity contribution < 1.29 is 4.74 Å². The van der Waals surface area contributed by atoms with Crippen LogP contribution in [0.2, 0.25) is 0 Å². The van der Waals surface area contributed by atoms with E-state index >= 15 is 0 Å². The molecule has 4 nitrogen and oxygen atoms in total. The number of aromatic nitrogens is 2. The second-order valence-electron chi connectivity index (χ2n) is 4.56. The van der Waals surface area contributed by atoms with Crippen LogP contribution in [0.1, 0.15) is 24.4 Å². The summed E-state index contributed by atoms with van der Waals surface area (Å²) in [6.45, 7) is 5.01. The van der Waals surface area contributed by atoms with E-state index in [1.54, 1.807) is 0 Å². The average molecular weight is 263 g/mol. The number of anilines is 1. The van der Waals surface area contributed by atoms with Crippen LogP contribution in [-0.2, 0) is 6.42 Å². The molecule has 0 bridgehead atoms. The van der Waals surface area contributed by atoms with Gasteiger partial charge in [0.15, 0.2) is 0 Å². The maximum absolute atomic E-state index is 5.63. The van der Waals surface area contributed by atoms with E-state index in [2.05, 4.69) is 24.0 Å². The van der Waals surface area contributed by atoms with Gasteiger partial charge < -0.3 is 10.5 Å². The van der Waals surface area contributed by atoms with Crippen molar-refractivity contribution in [3.63, 3.8) is 0 Å². The minimum absolute atomic E-state index is 0.516. The molecular weight excluding hydrogens is 246 g/mol. The second kappa shape index (κ2) is 5.82. The molecule has 2 aromatic rings. The van der Waals surface area contributed by atoms with Gasteiger partial charge in [0.25, 0.3) is 0 Å². The van der Waals surface area contributed by atoms with Crippen molar-refractivity contribution >= 4 is 16.5 Å². The summed E-state index contributed by atoms with van der Waals surface area (Å²) in [4.78, 5) is 0. The van der Waals surface area contributed by atoms with Gasteiger partial charge in [0.05, 0.1) is 6.61 Å². The first-order valence-electron chi connectivity index (χ1n) is 5.93. The SMILES string of the molecule is CC(C)COc1ccc(Cc2nnc(N)s2)cc1. The minimum atomic E-state index is 0.516. The molecule has 1 aromatic carbocycles. The third-order valence-corrected chi connectivity index (χ3v) is 3.10. The zero-order valence-corrected chi connectivity index (χ0v) is 11.4. The third-order valence-electron chi connectivity index (χ3n) is 2.34. The van der Waals surface area contributed by atoms with E-state index in [1.807, 2.05) is 24.3 Å². The smallest absolute Gasteiger partial charge is 0.203 e. The lowest BCUT2D eigenvalue weighted by molar-refractivity contribution is 0.271. The first kappa shape index (κ1) is 12.8. The fraction of sp³-hybridized carbons (Fsp3) is 0.385. The van der Waals surface area contributed by atoms with Crippen LogP contribution in [0.3, 0.4) is 0 Å². The van der Waals surface area contributed by atoms with E-state index in [4.69, 9.17) is 10.5 Å². The number of hydrogen-bond acceptors (Lipinski definition) is 5. The molecule has 0 saturated carbocycles. The van der Waals surface area contributed by atoms with Gasteiger partial charge in [-0.15, -0.1) is 10.2 Å². The summed E-state index contributed by atoms with van der Waals surface area (Å²) in [5, 5.41) is 9.26. The molecule has 0 aliphatic rings. The normalized spacial score (nSPS) is 10.8. The highest BCUT2D eigenvalue weighted by Gasteiger charge is 2.03. The Morgan fingerprint density at radius 1 is 1.22 bits per heavy atom. The summed E-state index contributed by atoms with van der Waals surface area (Å²) in [6.07, 6.45) is 0.763. The predicted octanol–water partition coefficient (Wildman–Crippen LogP) is 2.75. The molecule has 1 aromatic heterocycles. The van der Waals surface area contributed by atoms with E-state index in [0.29, 0.717) is 11.0 Å². The Hall–Kier alpha value is -1.62. The number of benzene rings is 1. The average Bonchev–Trinajstić information content (AvgIpc) is 2.74. The number of nitrogen functional groups attached to an aromatic ring is 1. The number of ether oxygens (including phenoxy) is 1. The molecule has 0 radical (unpaired) electrons. The first-order valence-corrected chi connectivity index (χ1v) is 6.74. The zero-order valence-electron chi connectivity index (χ0n) is 10.6. The van der Waals surface area contributed by atoms with Gasteiger partial charge in [-0.05, 0) is 23.6 Å². The van der Waals surface area contributed by atoms with Crippen molar-refractivity contribution in [3.05, 3.63) is 34.8 Å². The van der Waals surface area contributed by atoms with Crippen LogP contribution in [0.5, 0.6) is 5.75 Å². The Morgan fingerprint density at radius 3 is 2.50 bits per heavy atom. The minimum Gasteiger partial charge on any atom is -0.493 e. The van der Waals surface area contributed by atoms with Crippen LogP contribution in [0.15, 0.2) is 24.3 Å². The van der Waals surface area contributed by atoms with E-state index in [-0.39, 0.29) is 0 Å². The maximum atomic E-state index is 5.63. The lowest BCUT2D eigenvalue weighted by Gasteiger charge is -2.08. The summed E-state index contributed by atoms with van der Waals surface area (Å²) in [5.41, 5.74) is 6.73. The predicted molar refractivity (Wildman–Crippen MR) is 73.9 cm³/mol. The fourth-order valence-corrected chi connectivity index (χ4v) is 2.12. The highest BCUT2D eigenvalue weighted by atomic mass is 32.1. The van der Waals surface area contributed by atoms with Crippen molar-refractivity contribution in [2.75, 3.05) is 12.3 Å². The molecule has 2 N–H and O–H groups in total. The molecule has 96 valence electrons. The number of nitrogens with zero attached hydrogens (tertiary/aromatic N) is 2. The lowest BCUT2D eigenvalue weighted by atomic mass is 10.1. The monoisotopic (exact) mass is 263 g/mol. The van der Waals surface area contributed by atoms with Crippen molar-refractivity contribution in [1.29, 1.82) is 0 Å². The molecule has 5 heteroatoms. The molecule has 0 fully saturated rings.